The van der Waals surface area contributed by atoms with Crippen molar-refractivity contribution in [3.63, 3.8) is 0 Å². The highest BCUT2D eigenvalue weighted by atomic mass is 14.9. The first-order valence-corrected chi connectivity index (χ1v) is 5.91. The molecule has 17 heavy (non-hydrogen) atoms. The number of nitrogens with one attached hydrogen (secondary N) is 2. The molecule has 0 aliphatic heterocycles. The fourth-order valence-corrected chi connectivity index (χ4v) is 2.16. The van der Waals surface area contributed by atoms with E-state index in [4.69, 9.17) is 5.41 Å². The molecule has 0 radical (unpaired) electrons. The molecule has 1 unspecified atom stereocenters. The largest absolute Gasteiger partial charge is 0.312 e. The Bertz CT molecular complexity index is 526. The number of hydrogen-bond acceptors (Lipinski definition) is 2. The van der Waals surface area contributed by atoms with E-state index in [1.807, 2.05) is 14.0 Å². The van der Waals surface area contributed by atoms with Gasteiger partial charge in [-0.05, 0) is 36.7 Å². The molecule has 2 N–H and O–H groups in total. The lowest BCUT2D eigenvalue weighted by molar-refractivity contribution is 0.692. The van der Waals surface area contributed by atoms with Gasteiger partial charge in [0.1, 0.15) is 0 Å². The van der Waals surface area contributed by atoms with Crippen LogP contribution < -0.4 is 5.32 Å². The summed E-state index contributed by atoms with van der Waals surface area (Å²) in [6, 6.07) is 14.9. The lowest BCUT2D eigenvalue weighted by Crippen LogP contribution is -2.33. The second kappa shape index (κ2) is 5.11. The normalized spacial score (nSPS) is 12.6. The summed E-state index contributed by atoms with van der Waals surface area (Å²) >= 11 is 0. The summed E-state index contributed by atoms with van der Waals surface area (Å²) in [4.78, 5) is 0. The van der Waals surface area contributed by atoms with Crippen molar-refractivity contribution in [3.05, 3.63) is 48.0 Å². The van der Waals surface area contributed by atoms with Gasteiger partial charge in [-0.2, -0.15) is 0 Å². The first-order chi connectivity index (χ1) is 8.22. The summed E-state index contributed by atoms with van der Waals surface area (Å²) in [5.74, 6) is 0. The van der Waals surface area contributed by atoms with Crippen molar-refractivity contribution in [1.29, 1.82) is 5.41 Å². The molecule has 0 aliphatic rings. The standard InChI is InChI=1S/C15H18N2/c1-11(16)15(17-2)10-13-8-5-7-12-6-3-4-9-14(12)13/h3-9,15-17H,10H2,1-2H3. The van der Waals surface area contributed by atoms with E-state index < -0.39 is 0 Å². The Morgan fingerprint density at radius 2 is 1.88 bits per heavy atom. The molecule has 0 bridgehead atoms. The fraction of sp³-hybridized carbons (Fsp3) is 0.267. The van der Waals surface area contributed by atoms with Gasteiger partial charge in [-0.25, -0.2) is 0 Å². The van der Waals surface area contributed by atoms with Crippen LogP contribution in [0.5, 0.6) is 0 Å². The van der Waals surface area contributed by atoms with Crippen molar-refractivity contribution in [2.24, 2.45) is 0 Å². The van der Waals surface area contributed by atoms with Crippen LogP contribution >= 0.6 is 0 Å². The van der Waals surface area contributed by atoms with Crippen molar-refractivity contribution in [1.82, 2.24) is 5.32 Å². The van der Waals surface area contributed by atoms with Gasteiger partial charge in [-0.1, -0.05) is 42.5 Å². The minimum atomic E-state index is 0.126. The Kier molecular flexibility index (Phi) is 3.55. The molecule has 0 aliphatic carbocycles. The van der Waals surface area contributed by atoms with Gasteiger partial charge in [0.25, 0.3) is 0 Å². The number of rotatable bonds is 4. The minimum absolute atomic E-state index is 0.126. The third kappa shape index (κ3) is 2.53. The van der Waals surface area contributed by atoms with Crippen LogP contribution in [0.2, 0.25) is 0 Å². The van der Waals surface area contributed by atoms with Gasteiger partial charge in [0.15, 0.2) is 0 Å². The van der Waals surface area contributed by atoms with Gasteiger partial charge in [0, 0.05) is 11.8 Å². The summed E-state index contributed by atoms with van der Waals surface area (Å²) in [5.41, 5.74) is 1.98. The van der Waals surface area contributed by atoms with Gasteiger partial charge < -0.3 is 10.7 Å². The van der Waals surface area contributed by atoms with Crippen LogP contribution in [0.3, 0.4) is 0 Å². The van der Waals surface area contributed by atoms with Crippen LogP contribution in [0, 0.1) is 5.41 Å². The molecule has 0 saturated heterocycles. The van der Waals surface area contributed by atoms with Crippen molar-refractivity contribution >= 4 is 16.5 Å². The molecule has 2 heteroatoms. The SMILES string of the molecule is CNC(Cc1cccc2ccccc12)C(C)=N. The van der Waals surface area contributed by atoms with Crippen molar-refractivity contribution in [3.8, 4) is 0 Å². The molecule has 0 fully saturated rings. The maximum Gasteiger partial charge on any atom is 0.0483 e. The lowest BCUT2D eigenvalue weighted by Gasteiger charge is -2.16. The second-order valence-electron chi connectivity index (χ2n) is 4.37. The molecule has 2 rings (SSSR count). The molecular formula is C15H18N2. The molecule has 2 aromatic rings. The number of benzene rings is 2. The van der Waals surface area contributed by atoms with Crippen LogP contribution in [0.25, 0.3) is 10.8 Å². The highest BCUT2D eigenvalue weighted by Gasteiger charge is 2.10. The Hall–Kier alpha value is -1.67. The van der Waals surface area contributed by atoms with Crippen LogP contribution in [0.15, 0.2) is 42.5 Å². The zero-order valence-corrected chi connectivity index (χ0v) is 10.3. The highest BCUT2D eigenvalue weighted by Crippen LogP contribution is 2.19. The average Bonchev–Trinajstić information content (AvgIpc) is 2.35. The Morgan fingerprint density at radius 3 is 2.59 bits per heavy atom. The van der Waals surface area contributed by atoms with Crippen molar-refractivity contribution < 1.29 is 0 Å². The summed E-state index contributed by atoms with van der Waals surface area (Å²) < 4.78 is 0. The highest BCUT2D eigenvalue weighted by molar-refractivity contribution is 5.88. The maximum atomic E-state index is 7.75. The smallest absolute Gasteiger partial charge is 0.0483 e. The van der Waals surface area contributed by atoms with Crippen molar-refractivity contribution in [2.45, 2.75) is 19.4 Å². The molecule has 2 aromatic carbocycles. The minimum Gasteiger partial charge on any atom is -0.312 e. The monoisotopic (exact) mass is 226 g/mol. The second-order valence-corrected chi connectivity index (χ2v) is 4.37. The average molecular weight is 226 g/mol. The number of likely N-dealkylation sites (N-methyl/N-ethyl adjacent to an activating group) is 1. The quantitative estimate of drug-likeness (QED) is 0.772. The molecule has 0 saturated carbocycles. The molecule has 0 heterocycles. The Morgan fingerprint density at radius 1 is 1.18 bits per heavy atom. The summed E-state index contributed by atoms with van der Waals surface area (Å²) in [5, 5.41) is 13.5. The molecule has 1 atom stereocenters. The van der Waals surface area contributed by atoms with Gasteiger partial charge >= 0.3 is 0 Å². The third-order valence-corrected chi connectivity index (χ3v) is 3.18. The van der Waals surface area contributed by atoms with Crippen LogP contribution in [0.4, 0.5) is 0 Å². The Balaban J connectivity index is 2.38. The van der Waals surface area contributed by atoms with E-state index in [1.54, 1.807) is 0 Å². The summed E-state index contributed by atoms with van der Waals surface area (Å²) in [6.45, 7) is 1.85. The lowest BCUT2D eigenvalue weighted by atomic mass is 9.97. The summed E-state index contributed by atoms with van der Waals surface area (Å²) in [6.07, 6.45) is 0.868. The third-order valence-electron chi connectivity index (χ3n) is 3.18. The fourth-order valence-electron chi connectivity index (χ4n) is 2.16. The zero-order valence-electron chi connectivity index (χ0n) is 10.3. The van der Waals surface area contributed by atoms with E-state index in [1.165, 1.54) is 16.3 Å². The van der Waals surface area contributed by atoms with E-state index in [0.29, 0.717) is 5.71 Å². The molecule has 2 nitrogen and oxygen atoms in total. The van der Waals surface area contributed by atoms with Gasteiger partial charge in [-0.3, -0.25) is 0 Å². The summed E-state index contributed by atoms with van der Waals surface area (Å²) in [7, 11) is 1.91. The van der Waals surface area contributed by atoms with E-state index in [-0.39, 0.29) is 6.04 Å². The van der Waals surface area contributed by atoms with E-state index >= 15 is 0 Å². The Labute approximate surface area is 102 Å². The van der Waals surface area contributed by atoms with Crippen LogP contribution in [-0.2, 0) is 6.42 Å². The predicted molar refractivity (Wildman–Crippen MR) is 73.9 cm³/mol. The van der Waals surface area contributed by atoms with E-state index in [2.05, 4.69) is 47.8 Å². The first-order valence-electron chi connectivity index (χ1n) is 5.91. The van der Waals surface area contributed by atoms with Gasteiger partial charge in [-0.15, -0.1) is 0 Å². The predicted octanol–water partition coefficient (Wildman–Crippen LogP) is 3.01. The maximum absolute atomic E-state index is 7.75. The van der Waals surface area contributed by atoms with Crippen LogP contribution in [0.1, 0.15) is 12.5 Å². The topological polar surface area (TPSA) is 35.9 Å². The van der Waals surface area contributed by atoms with E-state index in [9.17, 15) is 0 Å². The van der Waals surface area contributed by atoms with Gasteiger partial charge in [0.05, 0.1) is 0 Å². The number of fused-ring (bicyclic) bond motifs is 1. The number of hydrogen-bond donors (Lipinski definition) is 2. The zero-order chi connectivity index (χ0) is 12.3. The first kappa shape index (κ1) is 11.8. The van der Waals surface area contributed by atoms with Crippen LogP contribution in [-0.4, -0.2) is 18.8 Å². The molecule has 0 aromatic heterocycles. The van der Waals surface area contributed by atoms with E-state index in [0.717, 1.165) is 6.42 Å². The van der Waals surface area contributed by atoms with Crippen molar-refractivity contribution in [2.75, 3.05) is 7.05 Å². The molecule has 0 amide bonds. The van der Waals surface area contributed by atoms with Gasteiger partial charge in [0.2, 0.25) is 0 Å². The molecule has 88 valence electrons. The molecular weight excluding hydrogens is 208 g/mol. The molecule has 0 spiro atoms.